The van der Waals surface area contributed by atoms with Gasteiger partial charge in [0.2, 0.25) is 5.91 Å². The molecule has 270 valence electrons. The number of carbonyl (C=O) groups is 3. The third-order valence-electron chi connectivity index (χ3n) is 13.7. The van der Waals surface area contributed by atoms with Gasteiger partial charge in [-0.25, -0.2) is 0 Å². The molecule has 0 radical (unpaired) electrons. The second-order valence-electron chi connectivity index (χ2n) is 16.9. The Hall–Kier alpha value is -3.14. The fourth-order valence-corrected chi connectivity index (χ4v) is 11.7. The van der Waals surface area contributed by atoms with E-state index in [1.807, 2.05) is 37.3 Å². The number of hydrogen-bond donors (Lipinski definition) is 3. The molecule has 4 aliphatic carbocycles. The maximum atomic E-state index is 12.4. The van der Waals surface area contributed by atoms with E-state index in [-0.39, 0.29) is 49.7 Å². The average Bonchev–Trinajstić information content (AvgIpc) is 3.02. The topological polar surface area (TPSA) is 128 Å². The lowest BCUT2D eigenvalue weighted by Crippen LogP contribution is -2.63. The van der Waals surface area contributed by atoms with Gasteiger partial charge in [-0.2, -0.15) is 0 Å². The van der Waals surface area contributed by atoms with Crippen molar-refractivity contribution in [3.63, 3.8) is 0 Å². The van der Waals surface area contributed by atoms with Crippen LogP contribution in [0, 0.1) is 34.5 Å². The summed E-state index contributed by atoms with van der Waals surface area (Å²) in [6.07, 6.45) is 8.59. The Bertz CT molecular complexity index is 1770. The largest absolute Gasteiger partial charge is 0.423 e. The van der Waals surface area contributed by atoms with Crippen LogP contribution in [0.3, 0.4) is 0 Å². The molecule has 9 heteroatoms. The Kier molecular flexibility index (Phi) is 9.18. The van der Waals surface area contributed by atoms with Crippen LogP contribution in [0.5, 0.6) is 11.5 Å². The van der Waals surface area contributed by atoms with Gasteiger partial charge in [0.25, 0.3) is 0 Å². The number of aliphatic hydroxyl groups is 1. The summed E-state index contributed by atoms with van der Waals surface area (Å²) in [5, 5.41) is 13.5. The van der Waals surface area contributed by atoms with E-state index < -0.39 is 18.2 Å². The van der Waals surface area contributed by atoms with Gasteiger partial charge in [0.05, 0.1) is 5.25 Å². The van der Waals surface area contributed by atoms with Crippen LogP contribution in [-0.4, -0.2) is 29.2 Å². The molecular formula is C41H54N2O6S. The van der Waals surface area contributed by atoms with Crippen molar-refractivity contribution in [2.75, 3.05) is 5.32 Å². The maximum absolute atomic E-state index is 12.4. The van der Waals surface area contributed by atoms with Crippen LogP contribution in [0.2, 0.25) is 0 Å². The molecule has 2 unspecified atom stereocenters. The molecule has 0 aliphatic heterocycles. The van der Waals surface area contributed by atoms with Gasteiger partial charge < -0.3 is 25.6 Å². The summed E-state index contributed by atoms with van der Waals surface area (Å²) < 4.78 is 11.6. The van der Waals surface area contributed by atoms with E-state index in [2.05, 4.69) is 46.0 Å². The summed E-state index contributed by atoms with van der Waals surface area (Å²) >= 11 is 1.73. The molecule has 2 aromatic rings. The molecule has 0 saturated heterocycles. The molecule has 2 aromatic carbocycles. The van der Waals surface area contributed by atoms with E-state index >= 15 is 0 Å². The van der Waals surface area contributed by atoms with Crippen LogP contribution >= 0.6 is 11.8 Å². The summed E-state index contributed by atoms with van der Waals surface area (Å²) in [6.45, 7) is 18.1. The van der Waals surface area contributed by atoms with Crippen LogP contribution in [0.1, 0.15) is 122 Å². The molecule has 0 bridgehead atoms. The lowest BCUT2D eigenvalue weighted by molar-refractivity contribution is -0.172. The molecule has 8 nitrogen and oxygen atoms in total. The third-order valence-corrected chi connectivity index (χ3v) is 14.9. The van der Waals surface area contributed by atoms with Gasteiger partial charge in [0.1, 0.15) is 6.23 Å². The zero-order valence-corrected chi connectivity index (χ0v) is 31.9. The quantitative estimate of drug-likeness (QED) is 0.118. The van der Waals surface area contributed by atoms with E-state index in [1.54, 1.807) is 11.8 Å². The Labute approximate surface area is 301 Å². The first kappa shape index (κ1) is 36.6. The normalized spacial score (nSPS) is 34.9. The van der Waals surface area contributed by atoms with Crippen molar-refractivity contribution in [2.24, 2.45) is 33.3 Å². The molecule has 8 atom stereocenters. The number of nitrogens with two attached hydrogens (primary N) is 1. The van der Waals surface area contributed by atoms with Crippen molar-refractivity contribution < 1.29 is 29.0 Å². The molecule has 3 saturated carbocycles. The predicted octanol–water partition coefficient (Wildman–Crippen LogP) is 8.53. The van der Waals surface area contributed by atoms with Crippen molar-refractivity contribution in [3.8, 4) is 11.5 Å². The standard InChI is InChI=1S/C41H54N2O6S/c1-23-34-29(20-30(48-25(3)45)35(23)49-26(4)46)39(7)17-19-41(9)33-22-38(6,36(42)47)15-14-37(33,5)16-18-40(41,8)32(39)21-31(34)50-28-12-10-27(11-13-28)43-24(2)44/h10-13,20-21,31,33,36,47H,14-19,22,42H2,1-9H3,(H,43,44)/t31?,33-,36?,37-,38-,39+,40-,41+/m1/s1. The van der Waals surface area contributed by atoms with Crippen LogP contribution < -0.4 is 20.5 Å². The van der Waals surface area contributed by atoms with E-state index in [0.29, 0.717) is 5.92 Å². The summed E-state index contributed by atoms with van der Waals surface area (Å²) in [5.74, 6) is -0.147. The van der Waals surface area contributed by atoms with Gasteiger partial charge in [-0.1, -0.05) is 46.3 Å². The van der Waals surface area contributed by atoms with E-state index in [4.69, 9.17) is 15.2 Å². The van der Waals surface area contributed by atoms with Crippen LogP contribution in [-0.2, 0) is 19.8 Å². The molecule has 1 amide bonds. The molecule has 0 spiro atoms. The molecule has 0 aromatic heterocycles. The number of anilines is 1. The van der Waals surface area contributed by atoms with Crippen molar-refractivity contribution in [3.05, 3.63) is 58.7 Å². The average molecular weight is 703 g/mol. The minimum atomic E-state index is -0.856. The van der Waals surface area contributed by atoms with Crippen LogP contribution in [0.15, 0.2) is 46.9 Å². The van der Waals surface area contributed by atoms with Gasteiger partial charge in [-0.3, -0.25) is 14.4 Å². The summed E-state index contributed by atoms with van der Waals surface area (Å²) in [6, 6.07) is 9.84. The molecule has 3 fully saturated rings. The summed E-state index contributed by atoms with van der Waals surface area (Å²) in [7, 11) is 0. The molecule has 0 heterocycles. The first-order valence-corrected chi connectivity index (χ1v) is 18.9. The minimum Gasteiger partial charge on any atom is -0.423 e. The number of ether oxygens (including phenoxy) is 2. The van der Waals surface area contributed by atoms with Gasteiger partial charge >= 0.3 is 11.9 Å². The molecule has 50 heavy (non-hydrogen) atoms. The molecule has 4 N–H and O–H groups in total. The van der Waals surface area contributed by atoms with Gasteiger partial charge in [0, 0.05) is 47.7 Å². The van der Waals surface area contributed by atoms with E-state index in [9.17, 15) is 19.5 Å². The third kappa shape index (κ3) is 5.81. The lowest BCUT2D eigenvalue weighted by atomic mass is 9.34. The zero-order chi connectivity index (χ0) is 36.6. The highest BCUT2D eigenvalue weighted by Crippen LogP contribution is 2.75. The number of aliphatic hydroxyl groups excluding tert-OH is 1. The highest BCUT2D eigenvalue weighted by Gasteiger charge is 2.67. The minimum absolute atomic E-state index is 0.0416. The summed E-state index contributed by atoms with van der Waals surface area (Å²) in [4.78, 5) is 37.5. The van der Waals surface area contributed by atoms with Crippen molar-refractivity contribution in [2.45, 2.75) is 129 Å². The highest BCUT2D eigenvalue weighted by molar-refractivity contribution is 7.99. The number of rotatable bonds is 6. The second-order valence-corrected chi connectivity index (χ2v) is 18.1. The number of carbonyl (C=O) groups excluding carboxylic acids is 3. The maximum Gasteiger partial charge on any atom is 0.308 e. The first-order valence-electron chi connectivity index (χ1n) is 18.0. The van der Waals surface area contributed by atoms with Gasteiger partial charge in [-0.05, 0) is 115 Å². The van der Waals surface area contributed by atoms with E-state index in [0.717, 1.165) is 72.2 Å². The Morgan fingerprint density at radius 3 is 2.16 bits per heavy atom. The monoisotopic (exact) mass is 702 g/mol. The first-order chi connectivity index (χ1) is 23.3. The second kappa shape index (κ2) is 12.5. The van der Waals surface area contributed by atoms with Crippen LogP contribution in [0.25, 0.3) is 0 Å². The van der Waals surface area contributed by atoms with Crippen molar-refractivity contribution in [1.29, 1.82) is 0 Å². The fourth-order valence-electron chi connectivity index (χ4n) is 10.5. The molecular weight excluding hydrogens is 649 g/mol. The highest BCUT2D eigenvalue weighted by atomic mass is 32.2. The Morgan fingerprint density at radius 2 is 1.56 bits per heavy atom. The predicted molar refractivity (Wildman–Crippen MR) is 197 cm³/mol. The summed E-state index contributed by atoms with van der Waals surface area (Å²) in [5.41, 5.74) is 10.7. The lowest BCUT2D eigenvalue weighted by Gasteiger charge is -2.70. The Morgan fingerprint density at radius 1 is 0.920 bits per heavy atom. The SMILES string of the molecule is CC(=O)Nc1ccc(SC2C=C3[C@@](C)(CC[C@@]4(C)[C@@H]5C[C@](C)(C(N)O)CC[C@]5(C)CC[C@]34C)c3cc(OC(C)=O)c(OC(C)=O)c(C)c32)cc1. The molecule has 4 aliphatic rings. The van der Waals surface area contributed by atoms with Gasteiger partial charge in [-0.15, -0.1) is 11.8 Å². The number of esters is 2. The Balaban J connectivity index is 1.54. The van der Waals surface area contributed by atoms with Gasteiger partial charge in [0.15, 0.2) is 11.5 Å². The number of nitrogens with one attached hydrogen (secondary N) is 1. The number of benzene rings is 2. The van der Waals surface area contributed by atoms with Crippen molar-refractivity contribution in [1.82, 2.24) is 0 Å². The van der Waals surface area contributed by atoms with E-state index in [1.165, 1.54) is 26.3 Å². The zero-order valence-electron chi connectivity index (χ0n) is 31.1. The fraction of sp³-hybridized carbons (Fsp3) is 0.585. The van der Waals surface area contributed by atoms with Crippen LogP contribution in [0.4, 0.5) is 5.69 Å². The number of amides is 1. The van der Waals surface area contributed by atoms with Crippen molar-refractivity contribution >= 4 is 35.3 Å². The number of allylic oxidation sites excluding steroid dienone is 1. The number of hydrogen-bond acceptors (Lipinski definition) is 8. The number of fused-ring (bicyclic) bond motifs is 7. The smallest absolute Gasteiger partial charge is 0.308 e. The molecule has 6 rings (SSSR count). The number of thioether (sulfide) groups is 1.